The van der Waals surface area contributed by atoms with Gasteiger partial charge in [0.25, 0.3) is 0 Å². The van der Waals surface area contributed by atoms with E-state index in [0.29, 0.717) is 6.54 Å². The fourth-order valence-corrected chi connectivity index (χ4v) is 1.79. The zero-order valence-corrected chi connectivity index (χ0v) is 11.2. The first-order valence-corrected chi connectivity index (χ1v) is 6.27. The number of amides is 1. The lowest BCUT2D eigenvalue weighted by Gasteiger charge is -2.29. The van der Waals surface area contributed by atoms with E-state index >= 15 is 0 Å². The number of hydrogen-bond acceptors (Lipinski definition) is 2. The highest BCUT2D eigenvalue weighted by molar-refractivity contribution is 5.71. The average molecular weight is 237 g/mol. The average Bonchev–Trinajstić information content (AvgIpc) is 2.14. The summed E-state index contributed by atoms with van der Waals surface area (Å²) < 4.78 is 5.40. The highest BCUT2D eigenvalue weighted by Crippen LogP contribution is 2.19. The van der Waals surface area contributed by atoms with E-state index in [0.717, 1.165) is 25.0 Å². The monoisotopic (exact) mass is 237 g/mol. The van der Waals surface area contributed by atoms with Gasteiger partial charge in [-0.15, -0.1) is 0 Å². The van der Waals surface area contributed by atoms with Gasteiger partial charge >= 0.3 is 6.09 Å². The van der Waals surface area contributed by atoms with Gasteiger partial charge in [0.2, 0.25) is 0 Å². The maximum atomic E-state index is 12.1. The van der Waals surface area contributed by atoms with Crippen LogP contribution in [0.1, 0.15) is 46.5 Å². The number of rotatable bonds is 1. The molecule has 1 rings (SSSR count). The van der Waals surface area contributed by atoms with Crippen LogP contribution in [0.5, 0.6) is 0 Å². The summed E-state index contributed by atoms with van der Waals surface area (Å²) in [6, 6.07) is 0. The number of carbonyl (C=O) groups is 1. The first kappa shape index (κ1) is 13.8. The number of ether oxygens (including phenoxy) is 1. The van der Waals surface area contributed by atoms with Gasteiger partial charge in [-0.05, 0) is 46.1 Å². The van der Waals surface area contributed by atoms with Crippen molar-refractivity contribution in [2.75, 3.05) is 6.54 Å². The predicted molar refractivity (Wildman–Crippen MR) is 69.7 cm³/mol. The maximum Gasteiger partial charge on any atom is 0.414 e. The normalized spacial score (nSPS) is 20.9. The molecule has 1 heterocycles. The summed E-state index contributed by atoms with van der Waals surface area (Å²) in [4.78, 5) is 13.8. The summed E-state index contributed by atoms with van der Waals surface area (Å²) in [5.74, 6) is 0. The second kappa shape index (κ2) is 5.89. The molecule has 0 atom stereocenters. The van der Waals surface area contributed by atoms with Gasteiger partial charge in [0.15, 0.2) is 0 Å². The molecule has 0 N–H and O–H groups in total. The Hall–Kier alpha value is -1.25. The van der Waals surface area contributed by atoms with Crippen molar-refractivity contribution in [1.82, 2.24) is 4.90 Å². The maximum absolute atomic E-state index is 12.1. The van der Waals surface area contributed by atoms with E-state index in [1.54, 1.807) is 11.0 Å². The summed E-state index contributed by atoms with van der Waals surface area (Å²) in [7, 11) is 0. The lowest BCUT2D eigenvalue weighted by Crippen LogP contribution is -2.36. The Morgan fingerprint density at radius 3 is 2.71 bits per heavy atom. The molecule has 0 fully saturated rings. The third-order valence-corrected chi connectivity index (χ3v) is 2.57. The zero-order valence-electron chi connectivity index (χ0n) is 11.2. The van der Waals surface area contributed by atoms with Crippen molar-refractivity contribution in [2.24, 2.45) is 0 Å². The Kier molecular flexibility index (Phi) is 4.79. The molecule has 0 spiro atoms. The molecule has 17 heavy (non-hydrogen) atoms. The second-order valence-electron chi connectivity index (χ2n) is 5.31. The van der Waals surface area contributed by atoms with Gasteiger partial charge in [-0.25, -0.2) is 4.79 Å². The van der Waals surface area contributed by atoms with Crippen LogP contribution in [0.4, 0.5) is 4.79 Å². The van der Waals surface area contributed by atoms with Gasteiger partial charge in [-0.3, -0.25) is 4.90 Å². The van der Waals surface area contributed by atoms with Crippen LogP contribution in [0.3, 0.4) is 0 Å². The molecule has 0 unspecified atom stereocenters. The fraction of sp³-hybridized carbons (Fsp3) is 0.643. The standard InChI is InChI=1S/C14H23NO2/c1-5-12-10-8-6-7-9-11-15(12)13(16)17-14(2,3)4/h5,10H,1,6-9,11H2,2-4H3/b12-10-. The zero-order chi connectivity index (χ0) is 12.9. The van der Waals surface area contributed by atoms with Gasteiger partial charge < -0.3 is 4.74 Å². The van der Waals surface area contributed by atoms with Gasteiger partial charge in [0.1, 0.15) is 5.60 Å². The van der Waals surface area contributed by atoms with E-state index in [1.807, 2.05) is 20.8 Å². The fourth-order valence-electron chi connectivity index (χ4n) is 1.79. The van der Waals surface area contributed by atoms with Crippen molar-refractivity contribution in [3.05, 3.63) is 24.4 Å². The molecule has 0 aromatic rings. The third-order valence-electron chi connectivity index (χ3n) is 2.57. The van der Waals surface area contributed by atoms with Crippen molar-refractivity contribution in [3.8, 4) is 0 Å². The summed E-state index contributed by atoms with van der Waals surface area (Å²) in [6.07, 6.45) is 7.88. The Balaban J connectivity index is 2.79. The number of hydrogen-bond donors (Lipinski definition) is 0. The van der Waals surface area contributed by atoms with Crippen molar-refractivity contribution in [2.45, 2.75) is 52.1 Å². The molecule has 3 nitrogen and oxygen atoms in total. The van der Waals surface area contributed by atoms with Crippen molar-refractivity contribution in [1.29, 1.82) is 0 Å². The largest absolute Gasteiger partial charge is 0.443 e. The van der Waals surface area contributed by atoms with Gasteiger partial charge in [-0.1, -0.05) is 19.1 Å². The molecule has 0 radical (unpaired) electrons. The van der Waals surface area contributed by atoms with Crippen LogP contribution in [0.2, 0.25) is 0 Å². The van der Waals surface area contributed by atoms with Crippen molar-refractivity contribution >= 4 is 6.09 Å². The Bertz CT molecular complexity index is 313. The molecule has 0 aliphatic carbocycles. The van der Waals surface area contributed by atoms with E-state index in [1.165, 1.54) is 6.42 Å². The summed E-state index contributed by atoms with van der Waals surface area (Å²) in [5, 5.41) is 0. The highest BCUT2D eigenvalue weighted by atomic mass is 16.6. The quantitative estimate of drug-likeness (QED) is 0.693. The van der Waals surface area contributed by atoms with Gasteiger partial charge in [-0.2, -0.15) is 0 Å². The number of nitrogens with zero attached hydrogens (tertiary/aromatic N) is 1. The van der Waals surface area contributed by atoms with E-state index in [2.05, 4.69) is 12.7 Å². The smallest absolute Gasteiger partial charge is 0.414 e. The van der Waals surface area contributed by atoms with Crippen LogP contribution >= 0.6 is 0 Å². The van der Waals surface area contributed by atoms with Crippen molar-refractivity contribution in [3.63, 3.8) is 0 Å². The van der Waals surface area contributed by atoms with Crippen LogP contribution in [-0.2, 0) is 4.74 Å². The summed E-state index contributed by atoms with van der Waals surface area (Å²) in [5.41, 5.74) is 0.421. The highest BCUT2D eigenvalue weighted by Gasteiger charge is 2.23. The Morgan fingerprint density at radius 1 is 1.41 bits per heavy atom. The third kappa shape index (κ3) is 4.63. The molecule has 1 aliphatic heterocycles. The van der Waals surface area contributed by atoms with Gasteiger partial charge in [0.05, 0.1) is 0 Å². The van der Waals surface area contributed by atoms with E-state index < -0.39 is 5.60 Å². The van der Waals surface area contributed by atoms with Crippen LogP contribution in [0.25, 0.3) is 0 Å². The molecule has 0 saturated carbocycles. The topological polar surface area (TPSA) is 29.5 Å². The second-order valence-corrected chi connectivity index (χ2v) is 5.31. The van der Waals surface area contributed by atoms with Gasteiger partial charge in [0, 0.05) is 12.2 Å². The SMILES string of the molecule is C=C/C1=C/CCCCCN1C(=O)OC(C)(C)C. The van der Waals surface area contributed by atoms with E-state index in [9.17, 15) is 4.79 Å². The molecule has 1 aliphatic rings. The summed E-state index contributed by atoms with van der Waals surface area (Å²) in [6.45, 7) is 10.1. The molecule has 0 aromatic carbocycles. The molecule has 0 aromatic heterocycles. The number of carbonyl (C=O) groups excluding carboxylic acids is 1. The van der Waals surface area contributed by atoms with Crippen LogP contribution in [0, 0.1) is 0 Å². The lowest BCUT2D eigenvalue weighted by atomic mass is 10.1. The van der Waals surface area contributed by atoms with Crippen LogP contribution in [0.15, 0.2) is 24.4 Å². The molecule has 0 bridgehead atoms. The Morgan fingerprint density at radius 2 is 2.12 bits per heavy atom. The molecule has 1 amide bonds. The van der Waals surface area contributed by atoms with E-state index in [-0.39, 0.29) is 6.09 Å². The molecule has 3 heteroatoms. The molecule has 0 saturated heterocycles. The van der Waals surface area contributed by atoms with E-state index in [4.69, 9.17) is 4.74 Å². The van der Waals surface area contributed by atoms with Crippen LogP contribution < -0.4 is 0 Å². The minimum absolute atomic E-state index is 0.273. The minimum Gasteiger partial charge on any atom is -0.443 e. The molecular formula is C14H23NO2. The minimum atomic E-state index is -0.453. The van der Waals surface area contributed by atoms with Crippen LogP contribution in [-0.4, -0.2) is 23.1 Å². The van der Waals surface area contributed by atoms with Crippen molar-refractivity contribution < 1.29 is 9.53 Å². The lowest BCUT2D eigenvalue weighted by molar-refractivity contribution is 0.0315. The molecule has 96 valence electrons. The first-order chi connectivity index (χ1) is 7.94. The first-order valence-electron chi connectivity index (χ1n) is 6.27. The Labute approximate surface area is 104 Å². The summed E-state index contributed by atoms with van der Waals surface area (Å²) >= 11 is 0. The predicted octanol–water partition coefficient (Wildman–Crippen LogP) is 3.87. The number of allylic oxidation sites excluding steroid dienone is 2. The molecular weight excluding hydrogens is 214 g/mol.